The van der Waals surface area contributed by atoms with E-state index in [1.165, 1.54) is 37.4 Å². The number of Topliss-reactive ketones (excluding diaryl/α,β-unsaturated/α-hetero) is 1. The first kappa shape index (κ1) is 25.6. The fraction of sp³-hybridized carbons (Fsp3) is 0.190. The zero-order valence-corrected chi connectivity index (χ0v) is 18.9. The Labute approximate surface area is 198 Å². The number of carbonyl (C=O) groups is 4. The van der Waals surface area contributed by atoms with Crippen LogP contribution in [0, 0.1) is 0 Å². The van der Waals surface area contributed by atoms with Gasteiger partial charge in [-0.05, 0) is 42.8 Å². The van der Waals surface area contributed by atoms with Gasteiger partial charge in [0.25, 0.3) is 0 Å². The van der Waals surface area contributed by atoms with Crippen LogP contribution in [-0.4, -0.2) is 41.4 Å². The number of hydrogen-bond donors (Lipinski definition) is 4. The number of amides is 3. The van der Waals surface area contributed by atoms with Crippen LogP contribution in [0.15, 0.2) is 41.5 Å². The van der Waals surface area contributed by atoms with Crippen LogP contribution in [0.5, 0.6) is 11.5 Å². The van der Waals surface area contributed by atoms with Gasteiger partial charge in [0.1, 0.15) is 0 Å². The van der Waals surface area contributed by atoms with Crippen molar-refractivity contribution in [1.29, 1.82) is 0 Å². The molecule has 0 fully saturated rings. The fourth-order valence-electron chi connectivity index (χ4n) is 2.57. The summed E-state index contributed by atoms with van der Waals surface area (Å²) in [6.07, 6.45) is -0.435. The first-order chi connectivity index (χ1) is 15.6. The van der Waals surface area contributed by atoms with E-state index in [0.717, 1.165) is 0 Å². The van der Waals surface area contributed by atoms with Gasteiger partial charge in [-0.15, -0.1) is 0 Å². The Hall–Kier alpha value is -3.63. The van der Waals surface area contributed by atoms with Gasteiger partial charge >= 0.3 is 11.8 Å². The zero-order chi connectivity index (χ0) is 24.5. The number of ether oxygens (including phenoxy) is 1. The van der Waals surface area contributed by atoms with Crippen LogP contribution in [0.25, 0.3) is 0 Å². The topological polar surface area (TPSA) is 160 Å². The summed E-state index contributed by atoms with van der Waals surface area (Å²) in [7, 11) is 1.33. The van der Waals surface area contributed by atoms with E-state index >= 15 is 0 Å². The minimum atomic E-state index is -1.26. The highest BCUT2D eigenvalue weighted by atomic mass is 35.5. The van der Waals surface area contributed by atoms with E-state index in [1.807, 2.05) is 5.43 Å². The lowest BCUT2D eigenvalue weighted by Gasteiger charge is -2.10. The van der Waals surface area contributed by atoms with Crippen molar-refractivity contribution in [3.8, 4) is 11.5 Å². The van der Waals surface area contributed by atoms with Crippen LogP contribution < -0.4 is 21.2 Å². The van der Waals surface area contributed by atoms with Crippen molar-refractivity contribution in [2.75, 3.05) is 12.4 Å². The molecule has 2 aromatic rings. The average Bonchev–Trinajstić information content (AvgIpc) is 2.77. The number of phenols is 1. The van der Waals surface area contributed by atoms with Gasteiger partial charge in [0.2, 0.25) is 5.91 Å². The summed E-state index contributed by atoms with van der Waals surface area (Å²) in [4.78, 5) is 47.4. The third-order valence-electron chi connectivity index (χ3n) is 4.25. The van der Waals surface area contributed by atoms with Gasteiger partial charge in [0.05, 0.1) is 24.2 Å². The molecule has 0 atom stereocenters. The molecule has 0 unspecified atom stereocenters. The molecule has 5 N–H and O–H groups in total. The van der Waals surface area contributed by atoms with Crippen LogP contribution in [0.2, 0.25) is 10.0 Å². The number of rotatable bonds is 9. The van der Waals surface area contributed by atoms with Crippen LogP contribution >= 0.6 is 23.2 Å². The van der Waals surface area contributed by atoms with Crippen LogP contribution in [0.1, 0.15) is 29.6 Å². The second kappa shape index (κ2) is 11.8. The highest BCUT2D eigenvalue weighted by molar-refractivity contribution is 6.36. The predicted octanol–water partition coefficient (Wildman–Crippen LogP) is 2.66. The van der Waals surface area contributed by atoms with Crippen LogP contribution in [-0.2, 0) is 14.4 Å². The number of nitrogens with zero attached hydrogens (tertiary/aromatic N) is 1. The molecule has 0 aliphatic rings. The minimum Gasteiger partial charge on any atom is -0.504 e. The summed E-state index contributed by atoms with van der Waals surface area (Å²) in [6, 6.07) is 8.57. The quantitative estimate of drug-likeness (QED) is 0.181. The van der Waals surface area contributed by atoms with E-state index in [2.05, 4.69) is 10.4 Å². The maximum atomic E-state index is 12.7. The molecule has 0 saturated heterocycles. The second-order valence-electron chi connectivity index (χ2n) is 6.64. The highest BCUT2D eigenvalue weighted by Gasteiger charge is 2.16. The third kappa shape index (κ3) is 7.78. The summed E-state index contributed by atoms with van der Waals surface area (Å²) >= 11 is 11.9. The van der Waals surface area contributed by atoms with Gasteiger partial charge in [-0.2, -0.15) is 5.10 Å². The number of anilines is 1. The summed E-state index contributed by atoms with van der Waals surface area (Å²) in [5, 5.41) is 16.7. The number of aromatic hydroxyl groups is 1. The van der Waals surface area contributed by atoms with Crippen molar-refractivity contribution < 1.29 is 29.0 Å². The molecule has 33 heavy (non-hydrogen) atoms. The Morgan fingerprint density at radius 1 is 1.09 bits per heavy atom. The van der Waals surface area contributed by atoms with Crippen molar-refractivity contribution in [2.45, 2.75) is 19.3 Å². The van der Waals surface area contributed by atoms with Crippen molar-refractivity contribution >= 4 is 58.1 Å². The standard InChI is InChI=1S/C21H20Cl2N4O6/c1-33-18-8-11(2-6-16(18)28)17(29)10-13(26-27-21(32)20(24)31)4-7-19(30)25-15-5-3-12(22)9-14(15)23/h2-3,5-6,8-9,28H,4,7,10H2,1H3,(H2,24,31)(H,25,30)(H,27,32)/b26-13-. The summed E-state index contributed by atoms with van der Waals surface area (Å²) in [5.74, 6) is -3.35. The number of benzene rings is 2. The van der Waals surface area contributed by atoms with E-state index in [-0.39, 0.29) is 47.1 Å². The number of carbonyl (C=O) groups excluding carboxylic acids is 4. The number of hydrazone groups is 1. The van der Waals surface area contributed by atoms with Gasteiger partial charge < -0.3 is 20.9 Å². The number of nitrogens with two attached hydrogens (primary N) is 1. The summed E-state index contributed by atoms with van der Waals surface area (Å²) in [6.45, 7) is 0. The van der Waals surface area contributed by atoms with E-state index in [9.17, 15) is 24.3 Å². The molecule has 12 heteroatoms. The number of methoxy groups -OCH3 is 1. The summed E-state index contributed by atoms with van der Waals surface area (Å²) in [5.41, 5.74) is 7.49. The molecule has 10 nitrogen and oxygen atoms in total. The normalized spacial score (nSPS) is 10.9. The van der Waals surface area contributed by atoms with Gasteiger partial charge in [-0.1, -0.05) is 23.2 Å². The van der Waals surface area contributed by atoms with Crippen LogP contribution in [0.4, 0.5) is 5.69 Å². The molecule has 0 saturated carbocycles. The lowest BCUT2D eigenvalue weighted by atomic mass is 10.0. The number of halogens is 2. The molecule has 0 aliphatic heterocycles. The number of ketones is 1. The maximum absolute atomic E-state index is 12.7. The maximum Gasteiger partial charge on any atom is 0.329 e. The molecule has 0 radical (unpaired) electrons. The minimum absolute atomic E-state index is 0.0307. The SMILES string of the molecule is COc1cc(C(=O)C/C(CCC(=O)Nc2ccc(Cl)cc2Cl)=N\NC(=O)C(N)=O)ccc1O. The van der Waals surface area contributed by atoms with Crippen molar-refractivity contribution in [2.24, 2.45) is 10.8 Å². The molecular weight excluding hydrogens is 475 g/mol. The smallest absolute Gasteiger partial charge is 0.329 e. The summed E-state index contributed by atoms with van der Waals surface area (Å²) < 4.78 is 4.99. The third-order valence-corrected chi connectivity index (χ3v) is 4.80. The molecule has 2 aromatic carbocycles. The lowest BCUT2D eigenvalue weighted by Crippen LogP contribution is -2.33. The van der Waals surface area contributed by atoms with Gasteiger partial charge in [0.15, 0.2) is 17.3 Å². The zero-order valence-electron chi connectivity index (χ0n) is 17.4. The Bertz CT molecular complexity index is 1120. The Morgan fingerprint density at radius 2 is 1.82 bits per heavy atom. The molecule has 0 bridgehead atoms. The van der Waals surface area contributed by atoms with Gasteiger partial charge in [-0.3, -0.25) is 19.2 Å². The van der Waals surface area contributed by atoms with Crippen LogP contribution in [0.3, 0.4) is 0 Å². The fourth-order valence-corrected chi connectivity index (χ4v) is 3.02. The van der Waals surface area contributed by atoms with Crippen molar-refractivity contribution in [1.82, 2.24) is 5.43 Å². The highest BCUT2D eigenvalue weighted by Crippen LogP contribution is 2.27. The molecule has 3 amide bonds. The molecule has 0 heterocycles. The van der Waals surface area contributed by atoms with Crippen molar-refractivity contribution in [3.63, 3.8) is 0 Å². The number of phenolic OH excluding ortho intramolecular Hbond substituents is 1. The van der Waals surface area contributed by atoms with Crippen molar-refractivity contribution in [3.05, 3.63) is 52.0 Å². The Kier molecular flexibility index (Phi) is 9.19. The second-order valence-corrected chi connectivity index (χ2v) is 7.49. The van der Waals surface area contributed by atoms with E-state index in [0.29, 0.717) is 10.7 Å². The number of hydrogen-bond acceptors (Lipinski definition) is 7. The predicted molar refractivity (Wildman–Crippen MR) is 123 cm³/mol. The largest absolute Gasteiger partial charge is 0.504 e. The van der Waals surface area contributed by atoms with E-state index in [4.69, 9.17) is 33.7 Å². The Balaban J connectivity index is 2.12. The van der Waals surface area contributed by atoms with E-state index in [1.54, 1.807) is 6.07 Å². The molecular formula is C21H20Cl2N4O6. The molecule has 0 spiro atoms. The van der Waals surface area contributed by atoms with E-state index < -0.39 is 23.5 Å². The lowest BCUT2D eigenvalue weighted by molar-refractivity contribution is -0.137. The molecule has 174 valence electrons. The molecule has 0 aromatic heterocycles. The van der Waals surface area contributed by atoms with Gasteiger partial charge in [0, 0.05) is 22.7 Å². The number of primary amides is 1. The number of nitrogens with one attached hydrogen (secondary N) is 2. The Morgan fingerprint density at radius 3 is 2.45 bits per heavy atom. The monoisotopic (exact) mass is 494 g/mol. The van der Waals surface area contributed by atoms with Gasteiger partial charge in [-0.25, -0.2) is 5.43 Å². The first-order valence-corrected chi connectivity index (χ1v) is 10.2. The molecule has 0 aliphatic carbocycles. The first-order valence-electron chi connectivity index (χ1n) is 9.41. The average molecular weight is 495 g/mol. The molecule has 2 rings (SSSR count).